The molecule has 2 atom stereocenters. The van der Waals surface area contributed by atoms with E-state index in [9.17, 15) is 8.42 Å². The summed E-state index contributed by atoms with van der Waals surface area (Å²) in [6.45, 7) is 1.14. The van der Waals surface area contributed by atoms with Crippen molar-refractivity contribution in [2.24, 2.45) is 11.7 Å². The van der Waals surface area contributed by atoms with Crippen LogP contribution in [0, 0.1) is 5.92 Å². The van der Waals surface area contributed by atoms with Gasteiger partial charge < -0.3 is 10.5 Å². The van der Waals surface area contributed by atoms with Crippen molar-refractivity contribution in [3.05, 3.63) is 17.8 Å². The Morgan fingerprint density at radius 1 is 1.48 bits per heavy atom. The fraction of sp³-hybridized carbons (Fsp3) is 0.692. The zero-order valence-electron chi connectivity index (χ0n) is 12.4. The van der Waals surface area contributed by atoms with Gasteiger partial charge in [0.2, 0.25) is 15.9 Å². The largest absolute Gasteiger partial charge is 0.480 e. The lowest BCUT2D eigenvalue weighted by Gasteiger charge is -2.32. The molecule has 0 radical (unpaired) electrons. The first-order chi connectivity index (χ1) is 9.90. The molecule has 1 aliphatic rings. The quantitative estimate of drug-likeness (QED) is 0.852. The standard InChI is InChI=1S/C13H22N4O3S/c1-20-13-6-5-12(15-16-13)11(14)8-10-4-3-7-17(9-10)21(2,18)19/h5-6,10-11H,3-4,7-9,14H2,1-2H3. The van der Waals surface area contributed by atoms with Crippen LogP contribution in [0.25, 0.3) is 0 Å². The van der Waals surface area contributed by atoms with Gasteiger partial charge in [0.1, 0.15) is 0 Å². The Bertz CT molecular complexity index is 561. The average molecular weight is 314 g/mol. The van der Waals surface area contributed by atoms with E-state index in [1.54, 1.807) is 12.1 Å². The van der Waals surface area contributed by atoms with Crippen molar-refractivity contribution in [2.45, 2.75) is 25.3 Å². The molecule has 0 aliphatic carbocycles. The molecule has 1 aliphatic heterocycles. The summed E-state index contributed by atoms with van der Waals surface area (Å²) in [5.41, 5.74) is 6.86. The number of aromatic nitrogens is 2. The van der Waals surface area contributed by atoms with Crippen LogP contribution in [-0.2, 0) is 10.0 Å². The van der Waals surface area contributed by atoms with Gasteiger partial charge in [-0.25, -0.2) is 12.7 Å². The number of nitrogens with two attached hydrogens (primary N) is 1. The Hall–Kier alpha value is -1.25. The molecule has 2 heterocycles. The molecule has 2 unspecified atom stereocenters. The number of hydrogen-bond donors (Lipinski definition) is 1. The molecule has 1 aromatic rings. The Morgan fingerprint density at radius 3 is 2.81 bits per heavy atom. The molecular weight excluding hydrogens is 292 g/mol. The van der Waals surface area contributed by atoms with E-state index in [0.717, 1.165) is 12.8 Å². The summed E-state index contributed by atoms with van der Waals surface area (Å²) in [7, 11) is -1.59. The summed E-state index contributed by atoms with van der Waals surface area (Å²) in [5.74, 6) is 0.708. The van der Waals surface area contributed by atoms with Gasteiger partial charge in [-0.05, 0) is 31.2 Å². The lowest BCUT2D eigenvalue weighted by molar-refractivity contribution is 0.246. The van der Waals surface area contributed by atoms with Crippen molar-refractivity contribution in [2.75, 3.05) is 26.5 Å². The molecule has 1 fully saturated rings. The number of methoxy groups -OCH3 is 1. The molecule has 2 rings (SSSR count). The highest BCUT2D eigenvalue weighted by molar-refractivity contribution is 7.88. The molecule has 0 bridgehead atoms. The third-order valence-corrected chi connectivity index (χ3v) is 5.06. The van der Waals surface area contributed by atoms with Crippen molar-refractivity contribution >= 4 is 10.0 Å². The minimum Gasteiger partial charge on any atom is -0.480 e. The summed E-state index contributed by atoms with van der Waals surface area (Å²) >= 11 is 0. The number of nitrogens with zero attached hydrogens (tertiary/aromatic N) is 3. The van der Waals surface area contributed by atoms with E-state index in [1.165, 1.54) is 17.7 Å². The molecule has 1 saturated heterocycles. The van der Waals surface area contributed by atoms with Crippen LogP contribution >= 0.6 is 0 Å². The van der Waals surface area contributed by atoms with E-state index < -0.39 is 10.0 Å². The number of ether oxygens (including phenoxy) is 1. The predicted octanol–water partition coefficient (Wildman–Crippen LogP) is 0.547. The van der Waals surface area contributed by atoms with Crippen LogP contribution in [0.4, 0.5) is 0 Å². The van der Waals surface area contributed by atoms with E-state index in [2.05, 4.69) is 10.2 Å². The summed E-state index contributed by atoms with van der Waals surface area (Å²) in [4.78, 5) is 0. The molecule has 0 saturated carbocycles. The van der Waals surface area contributed by atoms with Crippen molar-refractivity contribution in [1.29, 1.82) is 0 Å². The van der Waals surface area contributed by atoms with Gasteiger partial charge in [-0.1, -0.05) is 0 Å². The number of piperidine rings is 1. The molecule has 7 nitrogen and oxygen atoms in total. The zero-order chi connectivity index (χ0) is 15.5. The van der Waals surface area contributed by atoms with Crippen LogP contribution in [0.5, 0.6) is 5.88 Å². The highest BCUT2D eigenvalue weighted by Gasteiger charge is 2.27. The number of rotatable bonds is 5. The van der Waals surface area contributed by atoms with Gasteiger partial charge >= 0.3 is 0 Å². The molecule has 0 amide bonds. The SMILES string of the molecule is COc1ccc(C(N)CC2CCCN(S(C)(=O)=O)C2)nn1. The zero-order valence-corrected chi connectivity index (χ0v) is 13.2. The third-order valence-electron chi connectivity index (χ3n) is 3.79. The molecule has 0 aromatic carbocycles. The van der Waals surface area contributed by atoms with E-state index >= 15 is 0 Å². The van der Waals surface area contributed by atoms with Gasteiger partial charge in [0.05, 0.1) is 19.1 Å². The van der Waals surface area contributed by atoms with Crippen LogP contribution in [0.3, 0.4) is 0 Å². The summed E-state index contributed by atoms with van der Waals surface area (Å²) < 4.78 is 29.7. The monoisotopic (exact) mass is 314 g/mol. The Labute approximate surface area is 125 Å². The molecular formula is C13H22N4O3S. The van der Waals surface area contributed by atoms with Crippen LogP contribution in [0.15, 0.2) is 12.1 Å². The Kier molecular flexibility index (Phi) is 5.13. The normalized spacial score (nSPS) is 22.0. The highest BCUT2D eigenvalue weighted by atomic mass is 32.2. The van der Waals surface area contributed by atoms with Gasteiger partial charge in [0, 0.05) is 25.2 Å². The second-order valence-electron chi connectivity index (χ2n) is 5.47. The van der Waals surface area contributed by atoms with E-state index in [0.29, 0.717) is 31.1 Å². The summed E-state index contributed by atoms with van der Waals surface area (Å²) in [6, 6.07) is 3.28. The maximum atomic E-state index is 11.6. The first-order valence-corrected chi connectivity index (χ1v) is 8.83. The van der Waals surface area contributed by atoms with E-state index in [1.807, 2.05) is 0 Å². The molecule has 0 spiro atoms. The van der Waals surface area contributed by atoms with Crippen molar-refractivity contribution in [3.8, 4) is 5.88 Å². The molecule has 1 aromatic heterocycles. The second-order valence-corrected chi connectivity index (χ2v) is 7.45. The molecule has 2 N–H and O–H groups in total. The predicted molar refractivity (Wildman–Crippen MR) is 79.3 cm³/mol. The Balaban J connectivity index is 1.96. The van der Waals surface area contributed by atoms with Crippen molar-refractivity contribution in [3.63, 3.8) is 0 Å². The molecule has 21 heavy (non-hydrogen) atoms. The summed E-state index contributed by atoms with van der Waals surface area (Å²) in [5, 5.41) is 7.96. The van der Waals surface area contributed by atoms with E-state index in [4.69, 9.17) is 10.5 Å². The van der Waals surface area contributed by atoms with Gasteiger partial charge in [0.25, 0.3) is 0 Å². The van der Waals surface area contributed by atoms with E-state index in [-0.39, 0.29) is 12.0 Å². The third kappa shape index (κ3) is 4.36. The average Bonchev–Trinajstić information content (AvgIpc) is 2.47. The Morgan fingerprint density at radius 2 is 2.24 bits per heavy atom. The van der Waals surface area contributed by atoms with Crippen LogP contribution in [0.2, 0.25) is 0 Å². The van der Waals surface area contributed by atoms with Crippen LogP contribution < -0.4 is 10.5 Å². The maximum Gasteiger partial charge on any atom is 0.233 e. The fourth-order valence-electron chi connectivity index (χ4n) is 2.64. The first kappa shape index (κ1) is 16.1. The minimum absolute atomic E-state index is 0.243. The lowest BCUT2D eigenvalue weighted by atomic mass is 9.91. The lowest BCUT2D eigenvalue weighted by Crippen LogP contribution is -2.40. The minimum atomic E-state index is -3.12. The fourth-order valence-corrected chi connectivity index (χ4v) is 3.58. The van der Waals surface area contributed by atoms with Gasteiger partial charge in [-0.2, -0.15) is 5.10 Å². The number of sulfonamides is 1. The molecule has 118 valence electrons. The van der Waals surface area contributed by atoms with Gasteiger partial charge in [-0.15, -0.1) is 5.10 Å². The van der Waals surface area contributed by atoms with Crippen LogP contribution in [0.1, 0.15) is 31.0 Å². The highest BCUT2D eigenvalue weighted by Crippen LogP contribution is 2.26. The maximum absolute atomic E-state index is 11.6. The first-order valence-electron chi connectivity index (χ1n) is 6.98. The smallest absolute Gasteiger partial charge is 0.233 e. The van der Waals surface area contributed by atoms with Crippen molar-refractivity contribution in [1.82, 2.24) is 14.5 Å². The topological polar surface area (TPSA) is 98.4 Å². The second kappa shape index (κ2) is 6.67. The van der Waals surface area contributed by atoms with Gasteiger partial charge in [-0.3, -0.25) is 0 Å². The molecule has 8 heteroatoms. The van der Waals surface area contributed by atoms with Crippen molar-refractivity contribution < 1.29 is 13.2 Å². The summed E-state index contributed by atoms with van der Waals surface area (Å²) in [6.07, 6.45) is 3.82. The number of hydrogen-bond acceptors (Lipinski definition) is 6. The van der Waals surface area contributed by atoms with Crippen LogP contribution in [-0.4, -0.2) is 49.4 Å². The van der Waals surface area contributed by atoms with Gasteiger partial charge in [0.15, 0.2) is 0 Å².